The van der Waals surface area contributed by atoms with Crippen LogP contribution >= 0.6 is 0 Å². The number of nitrogens with one attached hydrogen (secondary N) is 2. The molecule has 6 heteroatoms. The van der Waals surface area contributed by atoms with Gasteiger partial charge in [0.25, 0.3) is 10.0 Å². The van der Waals surface area contributed by atoms with Gasteiger partial charge in [0, 0.05) is 5.54 Å². The summed E-state index contributed by atoms with van der Waals surface area (Å²) in [6.45, 7) is 7.55. The molecule has 0 amide bonds. The second-order valence-corrected chi connectivity index (χ2v) is 7.53. The topological polar surface area (TPSA) is 71.3 Å². The third-order valence-electron chi connectivity index (χ3n) is 3.13. The van der Waals surface area contributed by atoms with Crippen LogP contribution in [0.15, 0.2) is 21.6 Å². The first-order chi connectivity index (χ1) is 8.81. The summed E-state index contributed by atoms with van der Waals surface area (Å²) in [5.74, 6) is 1.19. The lowest BCUT2D eigenvalue weighted by Gasteiger charge is -2.09. The summed E-state index contributed by atoms with van der Waals surface area (Å²) in [7, 11) is -3.52. The molecule has 0 saturated heterocycles. The lowest BCUT2D eigenvalue weighted by molar-refractivity contribution is 0.392. The van der Waals surface area contributed by atoms with Gasteiger partial charge in [0.05, 0.1) is 6.54 Å². The molecular formula is C13H22N2O3S. The molecule has 1 fully saturated rings. The minimum atomic E-state index is -3.52. The second-order valence-electron chi connectivity index (χ2n) is 5.91. The van der Waals surface area contributed by atoms with E-state index >= 15 is 0 Å². The zero-order valence-corrected chi connectivity index (χ0v) is 12.5. The van der Waals surface area contributed by atoms with Gasteiger partial charge in [0.2, 0.25) is 5.09 Å². The summed E-state index contributed by atoms with van der Waals surface area (Å²) < 4.78 is 32.2. The van der Waals surface area contributed by atoms with E-state index in [0.717, 1.165) is 19.4 Å². The van der Waals surface area contributed by atoms with Gasteiger partial charge in [-0.1, -0.05) is 13.8 Å². The van der Waals surface area contributed by atoms with E-state index in [-0.39, 0.29) is 10.6 Å². The van der Waals surface area contributed by atoms with Gasteiger partial charge in [-0.05, 0) is 44.4 Å². The molecule has 5 nitrogen and oxygen atoms in total. The van der Waals surface area contributed by atoms with Gasteiger partial charge in [0.15, 0.2) is 0 Å². The zero-order valence-electron chi connectivity index (χ0n) is 11.7. The lowest BCUT2D eigenvalue weighted by Crippen LogP contribution is -2.33. The summed E-state index contributed by atoms with van der Waals surface area (Å²) in [6.07, 6.45) is 1.77. The molecule has 0 atom stereocenters. The Morgan fingerprint density at radius 1 is 1.37 bits per heavy atom. The molecule has 2 N–H and O–H groups in total. The standard InChI is InChI=1S/C13H22N2O3S/c1-10(2)8-14-9-11-4-5-12(18-11)19(16,17)15-13(3)6-7-13/h4-5,10,14-15H,6-9H2,1-3H3. The van der Waals surface area contributed by atoms with E-state index in [0.29, 0.717) is 18.2 Å². The van der Waals surface area contributed by atoms with Crippen molar-refractivity contribution in [2.75, 3.05) is 6.54 Å². The van der Waals surface area contributed by atoms with Gasteiger partial charge in [-0.3, -0.25) is 0 Å². The molecule has 108 valence electrons. The highest BCUT2D eigenvalue weighted by Crippen LogP contribution is 2.36. The van der Waals surface area contributed by atoms with Crippen LogP contribution in [-0.2, 0) is 16.6 Å². The summed E-state index contributed by atoms with van der Waals surface area (Å²) in [5, 5.41) is 3.22. The molecule has 0 spiro atoms. The smallest absolute Gasteiger partial charge is 0.274 e. The van der Waals surface area contributed by atoms with Crippen LogP contribution in [0.4, 0.5) is 0 Å². The molecule has 1 aromatic heterocycles. The van der Waals surface area contributed by atoms with E-state index in [1.165, 1.54) is 6.07 Å². The van der Waals surface area contributed by atoms with E-state index in [2.05, 4.69) is 23.9 Å². The van der Waals surface area contributed by atoms with Crippen LogP contribution in [0.3, 0.4) is 0 Å². The maximum absolute atomic E-state index is 12.1. The summed E-state index contributed by atoms with van der Waals surface area (Å²) in [5.41, 5.74) is -0.276. The Morgan fingerprint density at radius 2 is 2.05 bits per heavy atom. The van der Waals surface area contributed by atoms with Gasteiger partial charge in [-0.2, -0.15) is 0 Å². The lowest BCUT2D eigenvalue weighted by atomic mass is 10.2. The molecule has 2 rings (SSSR count). The van der Waals surface area contributed by atoms with Crippen molar-refractivity contribution in [2.24, 2.45) is 5.92 Å². The summed E-state index contributed by atoms with van der Waals surface area (Å²) in [6, 6.07) is 3.22. The third kappa shape index (κ3) is 4.06. The first-order valence-corrected chi connectivity index (χ1v) is 8.12. The van der Waals surface area contributed by atoms with Gasteiger partial charge in [0.1, 0.15) is 5.76 Å². The van der Waals surface area contributed by atoms with Crippen LogP contribution in [0.5, 0.6) is 0 Å². The third-order valence-corrected chi connectivity index (χ3v) is 4.65. The second kappa shape index (κ2) is 5.26. The number of hydrogen-bond acceptors (Lipinski definition) is 4. The minimum absolute atomic E-state index is 0.00183. The van der Waals surface area contributed by atoms with Crippen molar-refractivity contribution in [1.29, 1.82) is 0 Å². The fourth-order valence-corrected chi connectivity index (χ4v) is 3.16. The highest BCUT2D eigenvalue weighted by molar-refractivity contribution is 7.89. The first-order valence-electron chi connectivity index (χ1n) is 6.64. The molecule has 1 aromatic rings. The Labute approximate surface area is 114 Å². The summed E-state index contributed by atoms with van der Waals surface area (Å²) in [4.78, 5) is 0. The van der Waals surface area contributed by atoms with Crippen LogP contribution < -0.4 is 10.0 Å². The monoisotopic (exact) mass is 286 g/mol. The van der Waals surface area contributed by atoms with Crippen molar-refractivity contribution in [3.63, 3.8) is 0 Å². The Hall–Kier alpha value is -0.850. The maximum Gasteiger partial charge on any atom is 0.274 e. The highest BCUT2D eigenvalue weighted by atomic mass is 32.2. The number of furan rings is 1. The average Bonchev–Trinajstić information content (AvgIpc) is 2.81. The predicted molar refractivity (Wildman–Crippen MR) is 73.2 cm³/mol. The fourth-order valence-electron chi connectivity index (χ4n) is 1.75. The molecule has 0 bridgehead atoms. The Balaban J connectivity index is 1.96. The van der Waals surface area contributed by atoms with Crippen LogP contribution in [0, 0.1) is 5.92 Å². The van der Waals surface area contributed by atoms with Crippen LogP contribution in [0.1, 0.15) is 39.4 Å². The van der Waals surface area contributed by atoms with Gasteiger partial charge in [-0.25, -0.2) is 13.1 Å². The molecule has 1 saturated carbocycles. The first kappa shape index (κ1) is 14.6. The Bertz CT molecular complexity index is 530. The summed E-state index contributed by atoms with van der Waals surface area (Å²) >= 11 is 0. The predicted octanol–water partition coefficient (Wildman–Crippen LogP) is 1.86. The van der Waals surface area contributed by atoms with Crippen molar-refractivity contribution >= 4 is 10.0 Å². The van der Waals surface area contributed by atoms with Crippen molar-refractivity contribution in [2.45, 2.75) is 50.8 Å². The van der Waals surface area contributed by atoms with Gasteiger partial charge < -0.3 is 9.73 Å². The normalized spacial score (nSPS) is 17.9. The number of sulfonamides is 1. The van der Waals surface area contributed by atoms with E-state index in [9.17, 15) is 8.42 Å². The SMILES string of the molecule is CC(C)CNCc1ccc(S(=O)(=O)NC2(C)CC2)o1. The van der Waals surface area contributed by atoms with Crippen molar-refractivity contribution in [1.82, 2.24) is 10.0 Å². The van der Waals surface area contributed by atoms with E-state index in [1.807, 2.05) is 6.92 Å². The quantitative estimate of drug-likeness (QED) is 0.802. The zero-order chi connectivity index (χ0) is 14.1. The van der Waals surface area contributed by atoms with Crippen LogP contribution in [0.25, 0.3) is 0 Å². The Kier molecular flexibility index (Phi) is 4.03. The number of rotatable bonds is 7. The molecule has 19 heavy (non-hydrogen) atoms. The number of hydrogen-bond donors (Lipinski definition) is 2. The van der Waals surface area contributed by atoms with Crippen molar-refractivity contribution < 1.29 is 12.8 Å². The van der Waals surface area contributed by atoms with Crippen molar-refractivity contribution in [3.05, 3.63) is 17.9 Å². The van der Waals surface area contributed by atoms with E-state index < -0.39 is 10.0 Å². The van der Waals surface area contributed by atoms with Crippen LogP contribution in [-0.4, -0.2) is 20.5 Å². The van der Waals surface area contributed by atoms with Gasteiger partial charge >= 0.3 is 0 Å². The van der Waals surface area contributed by atoms with Crippen molar-refractivity contribution in [3.8, 4) is 0 Å². The van der Waals surface area contributed by atoms with E-state index in [1.54, 1.807) is 6.07 Å². The molecule has 1 heterocycles. The highest BCUT2D eigenvalue weighted by Gasteiger charge is 2.42. The molecule has 1 aliphatic rings. The Morgan fingerprint density at radius 3 is 2.63 bits per heavy atom. The van der Waals surface area contributed by atoms with Gasteiger partial charge in [-0.15, -0.1) is 0 Å². The molecule has 1 aliphatic carbocycles. The largest absolute Gasteiger partial charge is 0.447 e. The van der Waals surface area contributed by atoms with Crippen LogP contribution in [0.2, 0.25) is 0 Å². The molecule has 0 aromatic carbocycles. The molecule has 0 unspecified atom stereocenters. The molecule has 0 radical (unpaired) electrons. The molecular weight excluding hydrogens is 264 g/mol. The fraction of sp³-hybridized carbons (Fsp3) is 0.692. The minimum Gasteiger partial charge on any atom is -0.447 e. The maximum atomic E-state index is 12.1. The van der Waals surface area contributed by atoms with E-state index in [4.69, 9.17) is 4.42 Å². The average molecular weight is 286 g/mol. The molecule has 0 aliphatic heterocycles.